The van der Waals surface area contributed by atoms with Crippen LogP contribution < -0.4 is 4.74 Å². The Hall–Kier alpha value is -2.13. The fourth-order valence-electron chi connectivity index (χ4n) is 4.24. The second kappa shape index (κ2) is 8.50. The molecule has 0 aromatic heterocycles. The number of carbonyl (C=O) groups excluding carboxylic acids is 1. The Morgan fingerprint density at radius 1 is 1.15 bits per heavy atom. The van der Waals surface area contributed by atoms with E-state index in [2.05, 4.69) is 30.0 Å². The minimum atomic E-state index is 0.135. The summed E-state index contributed by atoms with van der Waals surface area (Å²) in [7, 11) is 1.72. The van der Waals surface area contributed by atoms with Gasteiger partial charge in [-0.05, 0) is 42.6 Å². The molecule has 0 aliphatic carbocycles. The first-order valence-corrected chi connectivity index (χ1v) is 9.58. The van der Waals surface area contributed by atoms with E-state index in [-0.39, 0.29) is 5.41 Å². The highest BCUT2D eigenvalue weighted by Crippen LogP contribution is 2.39. The smallest absolute Gasteiger partial charge is 0.151 e. The van der Waals surface area contributed by atoms with Crippen molar-refractivity contribution in [3.05, 3.63) is 65.7 Å². The number of rotatable bonds is 8. The summed E-state index contributed by atoms with van der Waals surface area (Å²) >= 11 is 0. The second-order valence-corrected chi connectivity index (χ2v) is 7.42. The molecule has 0 radical (unpaired) electrons. The van der Waals surface area contributed by atoms with Crippen LogP contribution in [-0.4, -0.2) is 37.4 Å². The number of methoxy groups -OCH3 is 1. The van der Waals surface area contributed by atoms with E-state index in [1.165, 1.54) is 5.56 Å². The van der Waals surface area contributed by atoms with Crippen LogP contribution in [0.25, 0.3) is 0 Å². The summed E-state index contributed by atoms with van der Waals surface area (Å²) in [5.74, 6) is 1.21. The van der Waals surface area contributed by atoms with Gasteiger partial charge in [-0.1, -0.05) is 55.8 Å². The SMILES string of the molecule is CCCC1(c2cccc(OC)c2)CCN(CC(=O)Cc2ccccc2)C1. The Morgan fingerprint density at radius 3 is 2.69 bits per heavy atom. The molecule has 1 aliphatic rings. The monoisotopic (exact) mass is 351 g/mol. The second-order valence-electron chi connectivity index (χ2n) is 7.42. The number of carbonyl (C=O) groups is 1. The Kier molecular flexibility index (Phi) is 6.10. The van der Waals surface area contributed by atoms with Crippen LogP contribution in [0, 0.1) is 0 Å². The molecule has 3 heteroatoms. The lowest BCUT2D eigenvalue weighted by molar-refractivity contribution is -0.119. The molecule has 3 nitrogen and oxygen atoms in total. The third-order valence-corrected chi connectivity index (χ3v) is 5.49. The molecule has 2 aromatic rings. The zero-order valence-corrected chi connectivity index (χ0v) is 15.9. The van der Waals surface area contributed by atoms with Gasteiger partial charge in [0.25, 0.3) is 0 Å². The zero-order valence-electron chi connectivity index (χ0n) is 15.9. The molecule has 1 fully saturated rings. The Labute approximate surface area is 157 Å². The van der Waals surface area contributed by atoms with Crippen LogP contribution in [-0.2, 0) is 16.6 Å². The van der Waals surface area contributed by atoms with Crippen molar-refractivity contribution in [2.75, 3.05) is 26.7 Å². The quantitative estimate of drug-likeness (QED) is 0.712. The minimum Gasteiger partial charge on any atom is -0.497 e. The van der Waals surface area contributed by atoms with Crippen molar-refractivity contribution < 1.29 is 9.53 Å². The van der Waals surface area contributed by atoms with Crippen LogP contribution in [0.1, 0.15) is 37.3 Å². The summed E-state index contributed by atoms with van der Waals surface area (Å²) in [4.78, 5) is 14.8. The number of ketones is 1. The van der Waals surface area contributed by atoms with Crippen LogP contribution in [0.15, 0.2) is 54.6 Å². The van der Waals surface area contributed by atoms with E-state index < -0.39 is 0 Å². The van der Waals surface area contributed by atoms with Gasteiger partial charge in [0, 0.05) is 18.4 Å². The van der Waals surface area contributed by atoms with E-state index in [1.54, 1.807) is 7.11 Å². The Bertz CT molecular complexity index is 728. The molecule has 0 bridgehead atoms. The van der Waals surface area contributed by atoms with Gasteiger partial charge >= 0.3 is 0 Å². The van der Waals surface area contributed by atoms with E-state index in [0.717, 1.165) is 43.7 Å². The molecular formula is C23H29NO2. The molecule has 1 heterocycles. The van der Waals surface area contributed by atoms with Crippen molar-refractivity contribution in [1.82, 2.24) is 4.90 Å². The van der Waals surface area contributed by atoms with E-state index in [1.807, 2.05) is 36.4 Å². The van der Waals surface area contributed by atoms with E-state index >= 15 is 0 Å². The lowest BCUT2D eigenvalue weighted by atomic mass is 9.76. The Balaban J connectivity index is 1.68. The van der Waals surface area contributed by atoms with Gasteiger partial charge < -0.3 is 4.74 Å². The van der Waals surface area contributed by atoms with Gasteiger partial charge in [-0.2, -0.15) is 0 Å². The Morgan fingerprint density at radius 2 is 1.96 bits per heavy atom. The van der Waals surface area contributed by atoms with E-state index in [4.69, 9.17) is 4.74 Å². The zero-order chi connectivity index (χ0) is 18.4. The molecule has 1 unspecified atom stereocenters. The highest BCUT2D eigenvalue weighted by atomic mass is 16.5. The normalized spacial score (nSPS) is 20.2. The average molecular weight is 351 g/mol. The number of nitrogens with zero attached hydrogens (tertiary/aromatic N) is 1. The summed E-state index contributed by atoms with van der Waals surface area (Å²) in [5, 5.41) is 0. The number of ether oxygens (including phenoxy) is 1. The number of Topliss-reactive ketones (excluding diaryl/α,β-unsaturated/α-hetero) is 1. The van der Waals surface area contributed by atoms with Crippen molar-refractivity contribution in [2.24, 2.45) is 0 Å². The van der Waals surface area contributed by atoms with E-state index in [9.17, 15) is 4.79 Å². The summed E-state index contributed by atoms with van der Waals surface area (Å²) in [6.45, 7) is 4.72. The minimum absolute atomic E-state index is 0.135. The highest BCUT2D eigenvalue weighted by Gasteiger charge is 2.39. The topological polar surface area (TPSA) is 29.5 Å². The molecule has 0 amide bonds. The van der Waals surface area contributed by atoms with Crippen molar-refractivity contribution in [1.29, 1.82) is 0 Å². The fraction of sp³-hybridized carbons (Fsp3) is 0.435. The van der Waals surface area contributed by atoms with Gasteiger partial charge in [-0.3, -0.25) is 9.69 Å². The molecule has 0 N–H and O–H groups in total. The maximum atomic E-state index is 12.5. The summed E-state index contributed by atoms with van der Waals surface area (Å²) in [6.07, 6.45) is 3.91. The van der Waals surface area contributed by atoms with Gasteiger partial charge in [0.05, 0.1) is 13.7 Å². The third kappa shape index (κ3) is 4.34. The number of hydrogen-bond acceptors (Lipinski definition) is 3. The maximum Gasteiger partial charge on any atom is 0.151 e. The van der Waals surface area contributed by atoms with Gasteiger partial charge in [0.1, 0.15) is 5.75 Å². The third-order valence-electron chi connectivity index (χ3n) is 5.49. The van der Waals surface area contributed by atoms with Crippen LogP contribution in [0.5, 0.6) is 5.75 Å². The molecule has 26 heavy (non-hydrogen) atoms. The first kappa shape index (κ1) is 18.7. The van der Waals surface area contributed by atoms with Crippen LogP contribution in [0.2, 0.25) is 0 Å². The number of likely N-dealkylation sites (tertiary alicyclic amines) is 1. The van der Waals surface area contributed by atoms with E-state index in [0.29, 0.717) is 18.7 Å². The molecular weight excluding hydrogens is 322 g/mol. The number of hydrogen-bond donors (Lipinski definition) is 0. The largest absolute Gasteiger partial charge is 0.497 e. The molecule has 0 saturated carbocycles. The molecule has 1 saturated heterocycles. The lowest BCUT2D eigenvalue weighted by Gasteiger charge is -2.30. The molecule has 3 rings (SSSR count). The summed E-state index contributed by atoms with van der Waals surface area (Å²) in [5.41, 5.74) is 2.58. The van der Waals surface area contributed by atoms with Crippen LogP contribution >= 0.6 is 0 Å². The maximum absolute atomic E-state index is 12.5. The molecule has 138 valence electrons. The summed E-state index contributed by atoms with van der Waals surface area (Å²) in [6, 6.07) is 18.5. The van der Waals surface area contributed by atoms with Gasteiger partial charge in [-0.25, -0.2) is 0 Å². The van der Waals surface area contributed by atoms with Crippen LogP contribution in [0.3, 0.4) is 0 Å². The molecule has 2 aromatic carbocycles. The van der Waals surface area contributed by atoms with Gasteiger partial charge in [-0.15, -0.1) is 0 Å². The molecule has 0 spiro atoms. The van der Waals surface area contributed by atoms with Crippen molar-refractivity contribution in [2.45, 2.75) is 38.0 Å². The predicted molar refractivity (Wildman–Crippen MR) is 106 cm³/mol. The van der Waals surface area contributed by atoms with Crippen molar-refractivity contribution in [3.8, 4) is 5.75 Å². The van der Waals surface area contributed by atoms with Crippen LogP contribution in [0.4, 0.5) is 0 Å². The number of benzene rings is 2. The summed E-state index contributed by atoms with van der Waals surface area (Å²) < 4.78 is 5.43. The highest BCUT2D eigenvalue weighted by molar-refractivity contribution is 5.82. The fourth-order valence-corrected chi connectivity index (χ4v) is 4.24. The first-order valence-electron chi connectivity index (χ1n) is 9.58. The van der Waals surface area contributed by atoms with Crippen molar-refractivity contribution >= 4 is 5.78 Å². The standard InChI is InChI=1S/C23H29NO2/c1-3-12-23(20-10-7-11-22(16-20)26-2)13-14-24(18-23)17-21(25)15-19-8-5-4-6-9-19/h4-11,16H,3,12-15,17-18H2,1-2H3. The lowest BCUT2D eigenvalue weighted by Crippen LogP contribution is -2.34. The van der Waals surface area contributed by atoms with Crippen molar-refractivity contribution in [3.63, 3.8) is 0 Å². The molecule has 1 aliphatic heterocycles. The first-order chi connectivity index (χ1) is 12.6. The van der Waals surface area contributed by atoms with Gasteiger partial charge in [0.2, 0.25) is 0 Å². The van der Waals surface area contributed by atoms with Gasteiger partial charge in [0.15, 0.2) is 5.78 Å². The molecule has 1 atom stereocenters. The predicted octanol–water partition coefficient (Wildman–Crippen LogP) is 4.25. The average Bonchev–Trinajstić information content (AvgIpc) is 3.06.